The molecular weight excluding hydrogens is 242 g/mol. The van der Waals surface area contributed by atoms with Crippen molar-refractivity contribution in [2.45, 2.75) is 19.8 Å². The first kappa shape index (κ1) is 14.0. The molecular formula is C10H18ClN5O. The SMILES string of the molecule is CC(CO)CCCNc1nc(NN)ncc1Cl. The molecule has 0 aliphatic heterocycles. The number of anilines is 2. The molecule has 96 valence electrons. The lowest BCUT2D eigenvalue weighted by Crippen LogP contribution is -2.13. The number of aromatic nitrogens is 2. The third-order valence-corrected chi connectivity index (χ3v) is 2.63. The Hall–Kier alpha value is -1.11. The number of hydrogen-bond acceptors (Lipinski definition) is 6. The van der Waals surface area contributed by atoms with Crippen molar-refractivity contribution < 1.29 is 5.11 Å². The van der Waals surface area contributed by atoms with Crippen molar-refractivity contribution >= 4 is 23.4 Å². The predicted molar refractivity (Wildman–Crippen MR) is 68.8 cm³/mol. The highest BCUT2D eigenvalue weighted by Crippen LogP contribution is 2.19. The smallest absolute Gasteiger partial charge is 0.239 e. The van der Waals surface area contributed by atoms with E-state index in [4.69, 9.17) is 22.6 Å². The Kier molecular flexibility index (Phi) is 5.96. The van der Waals surface area contributed by atoms with Gasteiger partial charge in [-0.1, -0.05) is 18.5 Å². The van der Waals surface area contributed by atoms with Gasteiger partial charge in [-0.2, -0.15) is 4.98 Å². The molecule has 0 aliphatic rings. The molecule has 0 saturated carbocycles. The van der Waals surface area contributed by atoms with Gasteiger partial charge < -0.3 is 10.4 Å². The van der Waals surface area contributed by atoms with Crippen LogP contribution in [-0.2, 0) is 0 Å². The Morgan fingerprint density at radius 1 is 1.59 bits per heavy atom. The number of nitrogen functional groups attached to an aromatic ring is 1. The number of hydrazine groups is 1. The third kappa shape index (κ3) is 4.72. The van der Waals surface area contributed by atoms with Crippen LogP contribution in [0.2, 0.25) is 5.02 Å². The van der Waals surface area contributed by atoms with E-state index in [0.29, 0.717) is 22.7 Å². The molecule has 0 spiro atoms. The maximum Gasteiger partial charge on any atom is 0.239 e. The van der Waals surface area contributed by atoms with E-state index in [1.807, 2.05) is 6.92 Å². The summed E-state index contributed by atoms with van der Waals surface area (Å²) in [5.41, 5.74) is 2.36. The summed E-state index contributed by atoms with van der Waals surface area (Å²) >= 11 is 5.93. The van der Waals surface area contributed by atoms with Gasteiger partial charge in [0.15, 0.2) is 5.82 Å². The summed E-state index contributed by atoms with van der Waals surface area (Å²) in [4.78, 5) is 7.96. The normalized spacial score (nSPS) is 12.2. The van der Waals surface area contributed by atoms with Gasteiger partial charge in [0.25, 0.3) is 0 Å². The molecule has 0 bridgehead atoms. The molecule has 6 nitrogen and oxygen atoms in total. The first-order valence-corrected chi connectivity index (χ1v) is 5.89. The lowest BCUT2D eigenvalue weighted by molar-refractivity contribution is 0.229. The van der Waals surface area contributed by atoms with Gasteiger partial charge in [0.05, 0.1) is 6.20 Å². The van der Waals surface area contributed by atoms with E-state index in [9.17, 15) is 0 Å². The number of halogens is 1. The number of aliphatic hydroxyl groups is 1. The van der Waals surface area contributed by atoms with Crippen molar-refractivity contribution in [1.29, 1.82) is 0 Å². The average Bonchev–Trinajstić information content (AvgIpc) is 2.36. The zero-order valence-corrected chi connectivity index (χ0v) is 10.5. The molecule has 1 heterocycles. The second-order valence-corrected chi connectivity index (χ2v) is 4.30. The quantitative estimate of drug-likeness (QED) is 0.334. The zero-order chi connectivity index (χ0) is 12.7. The Labute approximate surface area is 106 Å². The topological polar surface area (TPSA) is 96.1 Å². The molecule has 0 aliphatic carbocycles. The zero-order valence-electron chi connectivity index (χ0n) is 9.78. The largest absolute Gasteiger partial charge is 0.396 e. The van der Waals surface area contributed by atoms with Crippen LogP contribution in [0, 0.1) is 5.92 Å². The number of aliphatic hydroxyl groups excluding tert-OH is 1. The van der Waals surface area contributed by atoms with Crippen LogP contribution in [-0.4, -0.2) is 28.2 Å². The van der Waals surface area contributed by atoms with E-state index in [0.717, 1.165) is 19.4 Å². The van der Waals surface area contributed by atoms with E-state index >= 15 is 0 Å². The van der Waals surface area contributed by atoms with Gasteiger partial charge in [-0.15, -0.1) is 0 Å². The maximum atomic E-state index is 8.88. The molecule has 17 heavy (non-hydrogen) atoms. The number of rotatable bonds is 7. The van der Waals surface area contributed by atoms with E-state index in [1.54, 1.807) is 0 Å². The fourth-order valence-electron chi connectivity index (χ4n) is 1.31. The van der Waals surface area contributed by atoms with Crippen LogP contribution >= 0.6 is 11.6 Å². The van der Waals surface area contributed by atoms with Crippen molar-refractivity contribution in [3.8, 4) is 0 Å². The maximum absolute atomic E-state index is 8.88. The lowest BCUT2D eigenvalue weighted by atomic mass is 10.1. The Balaban J connectivity index is 2.40. The number of nitrogens with two attached hydrogens (primary N) is 1. The molecule has 1 aromatic rings. The minimum absolute atomic E-state index is 0.218. The summed E-state index contributed by atoms with van der Waals surface area (Å²) in [7, 11) is 0. The van der Waals surface area contributed by atoms with Crippen LogP contribution in [0.25, 0.3) is 0 Å². The van der Waals surface area contributed by atoms with Crippen molar-refractivity contribution in [1.82, 2.24) is 9.97 Å². The molecule has 1 atom stereocenters. The van der Waals surface area contributed by atoms with Gasteiger partial charge in [0.2, 0.25) is 5.95 Å². The van der Waals surface area contributed by atoms with Gasteiger partial charge in [0, 0.05) is 13.2 Å². The Bertz CT molecular complexity index is 349. The van der Waals surface area contributed by atoms with Gasteiger partial charge >= 0.3 is 0 Å². The summed E-state index contributed by atoms with van der Waals surface area (Å²) in [6.45, 7) is 2.97. The Morgan fingerprint density at radius 3 is 3.00 bits per heavy atom. The highest BCUT2D eigenvalue weighted by Gasteiger charge is 2.04. The molecule has 1 aromatic heterocycles. The van der Waals surface area contributed by atoms with Gasteiger partial charge in [-0.05, 0) is 18.8 Å². The molecule has 0 amide bonds. The lowest BCUT2D eigenvalue weighted by Gasteiger charge is -2.10. The predicted octanol–water partition coefficient (Wildman–Crippen LogP) is 1.24. The first-order valence-electron chi connectivity index (χ1n) is 5.51. The van der Waals surface area contributed by atoms with Crippen LogP contribution in [0.5, 0.6) is 0 Å². The second kappa shape index (κ2) is 7.26. The summed E-state index contributed by atoms with van der Waals surface area (Å²) < 4.78 is 0. The average molecular weight is 260 g/mol. The summed E-state index contributed by atoms with van der Waals surface area (Å²) in [6, 6.07) is 0. The minimum atomic E-state index is 0.218. The molecule has 0 radical (unpaired) electrons. The number of hydrogen-bond donors (Lipinski definition) is 4. The van der Waals surface area contributed by atoms with Crippen molar-refractivity contribution in [2.24, 2.45) is 11.8 Å². The first-order chi connectivity index (χ1) is 8.17. The van der Waals surface area contributed by atoms with E-state index in [2.05, 4.69) is 20.7 Å². The van der Waals surface area contributed by atoms with Crippen LogP contribution in [0.3, 0.4) is 0 Å². The molecule has 1 rings (SSSR count). The van der Waals surface area contributed by atoms with Crippen molar-refractivity contribution in [3.05, 3.63) is 11.2 Å². The summed E-state index contributed by atoms with van der Waals surface area (Å²) in [5, 5.41) is 12.4. The van der Waals surface area contributed by atoms with E-state index in [-0.39, 0.29) is 6.61 Å². The molecule has 0 saturated heterocycles. The number of nitrogens with zero attached hydrogens (tertiary/aromatic N) is 2. The van der Waals surface area contributed by atoms with Gasteiger partial charge in [-0.25, -0.2) is 10.8 Å². The molecule has 0 fully saturated rings. The summed E-state index contributed by atoms with van der Waals surface area (Å²) in [6.07, 6.45) is 3.38. The fraction of sp³-hybridized carbons (Fsp3) is 0.600. The van der Waals surface area contributed by atoms with Crippen LogP contribution in [0.1, 0.15) is 19.8 Å². The minimum Gasteiger partial charge on any atom is -0.396 e. The van der Waals surface area contributed by atoms with E-state index in [1.165, 1.54) is 6.20 Å². The highest BCUT2D eigenvalue weighted by atomic mass is 35.5. The van der Waals surface area contributed by atoms with Crippen LogP contribution in [0.15, 0.2) is 6.20 Å². The van der Waals surface area contributed by atoms with Crippen LogP contribution in [0.4, 0.5) is 11.8 Å². The standard InChI is InChI=1S/C10H18ClN5O/c1-7(6-17)3-2-4-13-9-8(11)5-14-10(15-9)16-12/h5,7,17H,2-4,6,12H2,1H3,(H2,13,14,15,16). The second-order valence-electron chi connectivity index (χ2n) is 3.89. The highest BCUT2D eigenvalue weighted by molar-refractivity contribution is 6.32. The molecule has 5 N–H and O–H groups in total. The van der Waals surface area contributed by atoms with Crippen molar-refractivity contribution in [3.63, 3.8) is 0 Å². The molecule has 7 heteroatoms. The third-order valence-electron chi connectivity index (χ3n) is 2.35. The molecule has 1 unspecified atom stereocenters. The summed E-state index contributed by atoms with van der Waals surface area (Å²) in [5.74, 6) is 6.41. The van der Waals surface area contributed by atoms with E-state index < -0.39 is 0 Å². The fourth-order valence-corrected chi connectivity index (χ4v) is 1.47. The molecule has 0 aromatic carbocycles. The number of nitrogens with one attached hydrogen (secondary N) is 2. The Morgan fingerprint density at radius 2 is 2.35 bits per heavy atom. The van der Waals surface area contributed by atoms with Crippen molar-refractivity contribution in [2.75, 3.05) is 23.9 Å². The van der Waals surface area contributed by atoms with Gasteiger partial charge in [-0.3, -0.25) is 5.43 Å². The van der Waals surface area contributed by atoms with Gasteiger partial charge in [0.1, 0.15) is 5.02 Å². The monoisotopic (exact) mass is 259 g/mol. The van der Waals surface area contributed by atoms with Crippen LogP contribution < -0.4 is 16.6 Å².